The highest BCUT2D eigenvalue weighted by Gasteiger charge is 2.42. The maximum Gasteiger partial charge on any atom is 0.312 e. The van der Waals surface area contributed by atoms with Crippen LogP contribution in [0.5, 0.6) is 0 Å². The van der Waals surface area contributed by atoms with E-state index < -0.39 is 17.1 Å². The number of methoxy groups -OCH3 is 1. The molecular formula is C22H26N2O5. The van der Waals surface area contributed by atoms with Crippen LogP contribution in [0.15, 0.2) is 54.6 Å². The van der Waals surface area contributed by atoms with Gasteiger partial charge in [0.05, 0.1) is 24.1 Å². The summed E-state index contributed by atoms with van der Waals surface area (Å²) in [6, 6.07) is 16.3. The van der Waals surface area contributed by atoms with Crippen LogP contribution in [-0.2, 0) is 20.8 Å². The SMILES string of the molecule is COC(=O)[C@H]1CN(Cc2ccccc2)C(c2ccc([N+](=O)[O-])cc2)O[C@H]1C(C)C. The molecule has 154 valence electrons. The zero-order valence-corrected chi connectivity index (χ0v) is 16.9. The molecule has 1 saturated heterocycles. The molecule has 7 heteroatoms. The number of nitro groups is 1. The fourth-order valence-corrected chi connectivity index (χ4v) is 3.78. The fraction of sp³-hybridized carbons (Fsp3) is 0.409. The van der Waals surface area contributed by atoms with Crippen molar-refractivity contribution >= 4 is 11.7 Å². The Hall–Kier alpha value is -2.77. The first-order valence-corrected chi connectivity index (χ1v) is 9.66. The van der Waals surface area contributed by atoms with Gasteiger partial charge >= 0.3 is 5.97 Å². The maximum atomic E-state index is 12.4. The molecule has 0 amide bonds. The molecule has 0 radical (unpaired) electrons. The van der Waals surface area contributed by atoms with Crippen molar-refractivity contribution in [3.63, 3.8) is 0 Å². The molecule has 2 aromatic rings. The summed E-state index contributed by atoms with van der Waals surface area (Å²) in [6.45, 7) is 5.09. The number of rotatable bonds is 6. The average molecular weight is 398 g/mol. The molecule has 1 unspecified atom stereocenters. The van der Waals surface area contributed by atoms with Crippen molar-refractivity contribution in [2.45, 2.75) is 32.7 Å². The average Bonchev–Trinajstić information content (AvgIpc) is 2.73. The predicted octanol–water partition coefficient (Wildman–Crippen LogP) is 3.94. The van der Waals surface area contributed by atoms with Crippen LogP contribution >= 0.6 is 0 Å². The van der Waals surface area contributed by atoms with Crippen molar-refractivity contribution < 1.29 is 19.2 Å². The molecule has 1 heterocycles. The lowest BCUT2D eigenvalue weighted by molar-refractivity contribution is -0.384. The largest absolute Gasteiger partial charge is 0.469 e. The molecule has 1 aliphatic rings. The van der Waals surface area contributed by atoms with Crippen molar-refractivity contribution in [1.29, 1.82) is 0 Å². The van der Waals surface area contributed by atoms with E-state index in [1.165, 1.54) is 19.2 Å². The van der Waals surface area contributed by atoms with E-state index in [2.05, 4.69) is 4.90 Å². The standard InChI is InChI=1S/C22H26N2O5/c1-15(2)20-19(22(25)28-3)14-23(13-16-7-5-4-6-8-16)21(29-20)17-9-11-18(12-10-17)24(26)27/h4-12,15,19-21H,13-14H2,1-3H3/t19-,20-,21?/m0/s1. The zero-order chi connectivity index (χ0) is 21.0. The number of esters is 1. The third-order valence-electron chi connectivity index (χ3n) is 5.22. The summed E-state index contributed by atoms with van der Waals surface area (Å²) < 4.78 is 11.4. The van der Waals surface area contributed by atoms with Gasteiger partial charge in [-0.25, -0.2) is 0 Å². The first-order valence-electron chi connectivity index (χ1n) is 9.66. The molecule has 7 nitrogen and oxygen atoms in total. The lowest BCUT2D eigenvalue weighted by atomic mass is 9.90. The van der Waals surface area contributed by atoms with E-state index in [1.807, 2.05) is 44.2 Å². The van der Waals surface area contributed by atoms with Gasteiger partial charge in [-0.2, -0.15) is 0 Å². The summed E-state index contributed by atoms with van der Waals surface area (Å²) >= 11 is 0. The minimum absolute atomic E-state index is 0.0343. The van der Waals surface area contributed by atoms with Crippen LogP contribution < -0.4 is 0 Å². The van der Waals surface area contributed by atoms with Gasteiger partial charge in [0.2, 0.25) is 0 Å². The zero-order valence-electron chi connectivity index (χ0n) is 16.9. The number of carbonyl (C=O) groups is 1. The molecule has 0 saturated carbocycles. The van der Waals surface area contributed by atoms with E-state index in [-0.39, 0.29) is 23.7 Å². The molecule has 29 heavy (non-hydrogen) atoms. The van der Waals surface area contributed by atoms with Crippen molar-refractivity contribution in [3.05, 3.63) is 75.8 Å². The second-order valence-corrected chi connectivity index (χ2v) is 7.59. The number of benzene rings is 2. The molecule has 0 aromatic heterocycles. The number of carbonyl (C=O) groups excluding carboxylic acids is 1. The number of non-ortho nitro benzene ring substituents is 1. The number of hydrogen-bond acceptors (Lipinski definition) is 6. The summed E-state index contributed by atoms with van der Waals surface area (Å²) in [5, 5.41) is 11.0. The Morgan fingerprint density at radius 1 is 1.21 bits per heavy atom. The summed E-state index contributed by atoms with van der Waals surface area (Å²) in [4.78, 5) is 25.1. The number of nitrogens with zero attached hydrogens (tertiary/aromatic N) is 2. The Kier molecular flexibility index (Phi) is 6.61. The van der Waals surface area contributed by atoms with Gasteiger partial charge in [-0.3, -0.25) is 19.8 Å². The van der Waals surface area contributed by atoms with Crippen LogP contribution in [-0.4, -0.2) is 35.6 Å². The van der Waals surface area contributed by atoms with E-state index >= 15 is 0 Å². The van der Waals surface area contributed by atoms with E-state index in [9.17, 15) is 14.9 Å². The normalized spacial score (nSPS) is 22.4. The van der Waals surface area contributed by atoms with Crippen molar-refractivity contribution in [2.75, 3.05) is 13.7 Å². The topological polar surface area (TPSA) is 81.9 Å². The smallest absolute Gasteiger partial charge is 0.312 e. The van der Waals surface area contributed by atoms with Gasteiger partial charge < -0.3 is 9.47 Å². The molecule has 3 rings (SSSR count). The second kappa shape index (κ2) is 9.15. The van der Waals surface area contributed by atoms with Gasteiger partial charge in [0.1, 0.15) is 6.23 Å². The van der Waals surface area contributed by atoms with Crippen molar-refractivity contribution in [1.82, 2.24) is 4.90 Å². The molecule has 1 fully saturated rings. The van der Waals surface area contributed by atoms with Gasteiger partial charge in [0, 0.05) is 25.2 Å². The maximum absolute atomic E-state index is 12.4. The molecule has 0 aliphatic carbocycles. The van der Waals surface area contributed by atoms with Crippen LogP contribution in [0.2, 0.25) is 0 Å². The van der Waals surface area contributed by atoms with Crippen molar-refractivity contribution in [3.8, 4) is 0 Å². The van der Waals surface area contributed by atoms with Gasteiger partial charge in [-0.1, -0.05) is 44.2 Å². The molecule has 2 aromatic carbocycles. The molecule has 0 bridgehead atoms. The molecular weight excluding hydrogens is 372 g/mol. The van der Waals surface area contributed by atoms with Crippen LogP contribution in [0.25, 0.3) is 0 Å². The van der Waals surface area contributed by atoms with Gasteiger partial charge in [-0.15, -0.1) is 0 Å². The van der Waals surface area contributed by atoms with E-state index in [4.69, 9.17) is 9.47 Å². The lowest BCUT2D eigenvalue weighted by Crippen LogP contribution is -2.51. The Morgan fingerprint density at radius 3 is 2.41 bits per heavy atom. The Balaban J connectivity index is 1.94. The predicted molar refractivity (Wildman–Crippen MR) is 108 cm³/mol. The summed E-state index contributed by atoms with van der Waals surface area (Å²) in [5.41, 5.74) is 1.95. The third kappa shape index (κ3) is 4.81. The van der Waals surface area contributed by atoms with Crippen LogP contribution in [0.4, 0.5) is 5.69 Å². The monoisotopic (exact) mass is 398 g/mol. The van der Waals surface area contributed by atoms with Crippen LogP contribution in [0, 0.1) is 22.0 Å². The Bertz CT molecular complexity index is 838. The Labute approximate surface area is 170 Å². The summed E-state index contributed by atoms with van der Waals surface area (Å²) in [6.07, 6.45) is -0.723. The fourth-order valence-electron chi connectivity index (χ4n) is 3.78. The lowest BCUT2D eigenvalue weighted by Gasteiger charge is -2.44. The molecule has 1 aliphatic heterocycles. The quantitative estimate of drug-likeness (QED) is 0.416. The van der Waals surface area contributed by atoms with Crippen LogP contribution in [0.1, 0.15) is 31.2 Å². The highest BCUT2D eigenvalue weighted by Crippen LogP contribution is 2.37. The minimum Gasteiger partial charge on any atom is -0.469 e. The summed E-state index contributed by atoms with van der Waals surface area (Å²) in [5.74, 6) is -0.583. The van der Waals surface area contributed by atoms with Gasteiger partial charge in [0.25, 0.3) is 5.69 Å². The molecule has 0 N–H and O–H groups in total. The van der Waals surface area contributed by atoms with Gasteiger partial charge in [0.15, 0.2) is 0 Å². The highest BCUT2D eigenvalue weighted by molar-refractivity contribution is 5.73. The van der Waals surface area contributed by atoms with Crippen molar-refractivity contribution in [2.24, 2.45) is 11.8 Å². The summed E-state index contributed by atoms with van der Waals surface area (Å²) in [7, 11) is 1.39. The molecule has 3 atom stereocenters. The van der Waals surface area contributed by atoms with Gasteiger partial charge in [-0.05, 0) is 29.2 Å². The van der Waals surface area contributed by atoms with E-state index in [0.717, 1.165) is 11.1 Å². The minimum atomic E-state index is -0.419. The first-order chi connectivity index (χ1) is 13.9. The Morgan fingerprint density at radius 2 is 1.86 bits per heavy atom. The first kappa shape index (κ1) is 21.0. The highest BCUT2D eigenvalue weighted by atomic mass is 16.6. The second-order valence-electron chi connectivity index (χ2n) is 7.59. The third-order valence-corrected chi connectivity index (χ3v) is 5.22. The van der Waals surface area contributed by atoms with Crippen LogP contribution in [0.3, 0.4) is 0 Å². The number of hydrogen-bond donors (Lipinski definition) is 0. The van der Waals surface area contributed by atoms with E-state index in [1.54, 1.807) is 12.1 Å². The molecule has 0 spiro atoms. The number of nitro benzene ring substituents is 1. The van der Waals surface area contributed by atoms with E-state index in [0.29, 0.717) is 13.1 Å². The number of ether oxygens (including phenoxy) is 2.